The second kappa shape index (κ2) is 5.84. The zero-order valence-corrected chi connectivity index (χ0v) is 12.8. The van der Waals surface area contributed by atoms with E-state index in [2.05, 4.69) is 26.2 Å². The summed E-state index contributed by atoms with van der Waals surface area (Å²) in [6.07, 6.45) is 3.05. The number of carbonyl (C=O) groups excluding carboxylic acids is 1. The molecule has 7 nitrogen and oxygen atoms in total. The minimum absolute atomic E-state index is 0.000408. The molecule has 3 rings (SSSR count). The highest BCUT2D eigenvalue weighted by molar-refractivity contribution is 5.98. The van der Waals surface area contributed by atoms with E-state index < -0.39 is 5.54 Å². The molecule has 1 unspecified atom stereocenters. The summed E-state index contributed by atoms with van der Waals surface area (Å²) in [5.41, 5.74) is 1.12. The molecule has 22 heavy (non-hydrogen) atoms. The molecule has 1 fully saturated rings. The number of hydrogen-bond acceptors (Lipinski definition) is 5. The Morgan fingerprint density at radius 3 is 2.95 bits per heavy atom. The Bertz CT molecular complexity index is 674. The molecule has 1 aromatic heterocycles. The first kappa shape index (κ1) is 14.6. The number of aryl methyl sites for hydroxylation is 1. The minimum Gasteiger partial charge on any atom is -0.324 e. The van der Waals surface area contributed by atoms with Crippen LogP contribution >= 0.6 is 0 Å². The molecule has 2 N–H and O–H groups in total. The smallest absolute Gasteiger partial charge is 0.244 e. The summed E-state index contributed by atoms with van der Waals surface area (Å²) in [7, 11) is 1.79. The van der Waals surface area contributed by atoms with Gasteiger partial charge in [-0.15, -0.1) is 5.10 Å². The van der Waals surface area contributed by atoms with Gasteiger partial charge in [0.05, 0.1) is 5.54 Å². The third-order valence-electron chi connectivity index (χ3n) is 4.12. The molecule has 7 heteroatoms. The number of hydrogen-bond donors (Lipinski definition) is 2. The highest BCUT2D eigenvalue weighted by Gasteiger charge is 2.34. The molecule has 0 aliphatic carbocycles. The maximum atomic E-state index is 12.5. The lowest BCUT2D eigenvalue weighted by Gasteiger charge is -2.33. The molecule has 1 aliphatic heterocycles. The summed E-state index contributed by atoms with van der Waals surface area (Å²) < 4.78 is 1.60. The van der Waals surface area contributed by atoms with E-state index in [1.54, 1.807) is 11.7 Å². The lowest BCUT2D eigenvalue weighted by atomic mass is 9.90. The second-order valence-electron chi connectivity index (χ2n) is 5.88. The largest absolute Gasteiger partial charge is 0.324 e. The molecule has 2 aromatic rings. The summed E-state index contributed by atoms with van der Waals surface area (Å²) in [5, 5.41) is 17.8. The maximum absolute atomic E-state index is 12.5. The first-order valence-corrected chi connectivity index (χ1v) is 7.48. The van der Waals surface area contributed by atoms with Crippen molar-refractivity contribution in [2.45, 2.75) is 31.7 Å². The van der Waals surface area contributed by atoms with Crippen molar-refractivity contribution < 1.29 is 4.79 Å². The van der Waals surface area contributed by atoms with E-state index in [-0.39, 0.29) is 5.91 Å². The van der Waals surface area contributed by atoms with Crippen LogP contribution in [0.25, 0.3) is 11.4 Å². The average Bonchev–Trinajstić information content (AvgIpc) is 2.94. The van der Waals surface area contributed by atoms with Gasteiger partial charge in [-0.3, -0.25) is 4.79 Å². The monoisotopic (exact) mass is 300 g/mol. The molecule has 0 saturated carbocycles. The number of tetrazole rings is 1. The Balaban J connectivity index is 1.78. The van der Waals surface area contributed by atoms with Crippen LogP contribution in [0, 0.1) is 0 Å². The van der Waals surface area contributed by atoms with Gasteiger partial charge in [0.2, 0.25) is 5.91 Å². The number of nitrogens with one attached hydrogen (secondary N) is 2. The third-order valence-corrected chi connectivity index (χ3v) is 4.12. The van der Waals surface area contributed by atoms with Crippen molar-refractivity contribution in [2.24, 2.45) is 7.05 Å². The SMILES string of the molecule is Cn1nnnc1-c1cccc(NC(=O)C2(C)CCCCN2)c1. The molecule has 1 saturated heterocycles. The molecule has 0 radical (unpaired) electrons. The van der Waals surface area contributed by atoms with Crippen LogP contribution in [0.3, 0.4) is 0 Å². The molecule has 1 aromatic carbocycles. The average molecular weight is 300 g/mol. The molecule has 0 spiro atoms. The molecule has 1 amide bonds. The summed E-state index contributed by atoms with van der Waals surface area (Å²) in [4.78, 5) is 12.5. The number of benzene rings is 1. The van der Waals surface area contributed by atoms with Gasteiger partial charge in [-0.25, -0.2) is 4.68 Å². The summed E-state index contributed by atoms with van der Waals surface area (Å²) in [6.45, 7) is 2.84. The van der Waals surface area contributed by atoms with Crippen LogP contribution in [0.1, 0.15) is 26.2 Å². The molecule has 1 atom stereocenters. The van der Waals surface area contributed by atoms with Gasteiger partial charge in [-0.05, 0) is 55.3 Å². The number of amides is 1. The van der Waals surface area contributed by atoms with Gasteiger partial charge in [-0.1, -0.05) is 12.1 Å². The van der Waals surface area contributed by atoms with Crippen LogP contribution in [0.4, 0.5) is 5.69 Å². The van der Waals surface area contributed by atoms with Gasteiger partial charge in [0.25, 0.3) is 0 Å². The molecule has 1 aliphatic rings. The highest BCUT2D eigenvalue weighted by atomic mass is 16.2. The van der Waals surface area contributed by atoms with Crippen molar-refractivity contribution in [1.29, 1.82) is 0 Å². The Hall–Kier alpha value is -2.28. The second-order valence-corrected chi connectivity index (χ2v) is 5.88. The summed E-state index contributed by atoms with van der Waals surface area (Å²) in [5.74, 6) is 0.665. The van der Waals surface area contributed by atoms with Crippen LogP contribution in [-0.4, -0.2) is 38.2 Å². The van der Waals surface area contributed by atoms with Crippen molar-refractivity contribution in [3.05, 3.63) is 24.3 Å². The van der Waals surface area contributed by atoms with Gasteiger partial charge in [0.15, 0.2) is 5.82 Å². The number of carbonyl (C=O) groups is 1. The van der Waals surface area contributed by atoms with Gasteiger partial charge >= 0.3 is 0 Å². The van der Waals surface area contributed by atoms with Crippen LogP contribution in [-0.2, 0) is 11.8 Å². The molecule has 2 heterocycles. The predicted molar refractivity (Wildman–Crippen MR) is 83.1 cm³/mol. The van der Waals surface area contributed by atoms with Crippen LogP contribution < -0.4 is 10.6 Å². The van der Waals surface area contributed by atoms with E-state index in [0.29, 0.717) is 5.82 Å². The molecular weight excluding hydrogens is 280 g/mol. The topological polar surface area (TPSA) is 84.7 Å². The van der Waals surface area contributed by atoms with Gasteiger partial charge < -0.3 is 10.6 Å². The Morgan fingerprint density at radius 2 is 2.27 bits per heavy atom. The normalized spacial score (nSPS) is 21.5. The van der Waals surface area contributed by atoms with E-state index in [1.165, 1.54) is 0 Å². The fraction of sp³-hybridized carbons (Fsp3) is 0.467. The first-order valence-electron chi connectivity index (χ1n) is 7.48. The minimum atomic E-state index is -0.499. The number of anilines is 1. The zero-order chi connectivity index (χ0) is 15.6. The van der Waals surface area contributed by atoms with E-state index in [4.69, 9.17) is 0 Å². The van der Waals surface area contributed by atoms with Gasteiger partial charge in [0, 0.05) is 18.3 Å². The van der Waals surface area contributed by atoms with Crippen LogP contribution in [0.2, 0.25) is 0 Å². The Labute approximate surface area is 129 Å². The van der Waals surface area contributed by atoms with Crippen molar-refractivity contribution in [3.63, 3.8) is 0 Å². The van der Waals surface area contributed by atoms with Crippen molar-refractivity contribution >= 4 is 11.6 Å². The quantitative estimate of drug-likeness (QED) is 0.893. The number of nitrogens with zero attached hydrogens (tertiary/aromatic N) is 4. The summed E-state index contributed by atoms with van der Waals surface area (Å²) in [6, 6.07) is 7.56. The lowest BCUT2D eigenvalue weighted by Crippen LogP contribution is -2.54. The number of piperidine rings is 1. The molecule has 0 bridgehead atoms. The Kier molecular flexibility index (Phi) is 3.89. The Morgan fingerprint density at radius 1 is 1.41 bits per heavy atom. The van der Waals surface area contributed by atoms with E-state index in [0.717, 1.165) is 37.1 Å². The third kappa shape index (κ3) is 2.85. The van der Waals surface area contributed by atoms with Crippen LogP contribution in [0.15, 0.2) is 24.3 Å². The van der Waals surface area contributed by atoms with Crippen molar-refractivity contribution in [1.82, 2.24) is 25.5 Å². The van der Waals surface area contributed by atoms with E-state index >= 15 is 0 Å². The van der Waals surface area contributed by atoms with E-state index in [9.17, 15) is 4.79 Å². The fourth-order valence-corrected chi connectivity index (χ4v) is 2.73. The number of aromatic nitrogens is 4. The summed E-state index contributed by atoms with van der Waals surface area (Å²) >= 11 is 0. The van der Waals surface area contributed by atoms with E-state index in [1.807, 2.05) is 31.2 Å². The molecular formula is C15H20N6O. The standard InChI is InChI=1S/C15H20N6O/c1-15(8-3-4-9-16-15)14(22)17-12-7-5-6-11(10-12)13-18-19-20-21(13)2/h5-7,10,16H,3-4,8-9H2,1-2H3,(H,17,22). The van der Waals surface area contributed by atoms with Crippen LogP contribution in [0.5, 0.6) is 0 Å². The lowest BCUT2D eigenvalue weighted by molar-refractivity contribution is -0.122. The first-order chi connectivity index (χ1) is 10.6. The predicted octanol–water partition coefficient (Wildman–Crippen LogP) is 1.35. The zero-order valence-electron chi connectivity index (χ0n) is 12.8. The van der Waals surface area contributed by atoms with Gasteiger partial charge in [0.1, 0.15) is 0 Å². The van der Waals surface area contributed by atoms with Crippen molar-refractivity contribution in [3.8, 4) is 11.4 Å². The fourth-order valence-electron chi connectivity index (χ4n) is 2.73. The highest BCUT2D eigenvalue weighted by Crippen LogP contribution is 2.23. The van der Waals surface area contributed by atoms with Gasteiger partial charge in [-0.2, -0.15) is 0 Å². The maximum Gasteiger partial charge on any atom is 0.244 e. The van der Waals surface area contributed by atoms with Crippen molar-refractivity contribution in [2.75, 3.05) is 11.9 Å². The number of rotatable bonds is 3. The molecule has 116 valence electrons.